The van der Waals surface area contributed by atoms with Crippen LogP contribution in [0.25, 0.3) is 0 Å². The monoisotopic (exact) mass is 365 g/mol. The standard InChI is InChI=1S/C16H20F5N3O/c1-12(25)24(10-9-23-7-4-15(17,18)5-8-23)11-14-13(16(19,20)21)3-2-6-22-14/h2-3,6H,4-5,7-11H2,1H3. The molecule has 0 saturated carbocycles. The molecule has 0 aliphatic carbocycles. The third-order valence-electron chi connectivity index (χ3n) is 4.26. The highest BCUT2D eigenvalue weighted by Gasteiger charge is 2.35. The fourth-order valence-corrected chi connectivity index (χ4v) is 2.72. The van der Waals surface area contributed by atoms with Crippen LogP contribution in [0.15, 0.2) is 18.3 Å². The zero-order chi connectivity index (χ0) is 18.7. The molecule has 0 atom stereocenters. The maximum absolute atomic E-state index is 13.1. The fourth-order valence-electron chi connectivity index (χ4n) is 2.72. The molecule has 2 heterocycles. The predicted molar refractivity (Wildman–Crippen MR) is 81.0 cm³/mol. The first kappa shape index (κ1) is 19.6. The predicted octanol–water partition coefficient (Wildman–Crippen LogP) is 3.18. The van der Waals surface area contributed by atoms with Crippen LogP contribution in [0.3, 0.4) is 0 Å². The van der Waals surface area contributed by atoms with E-state index < -0.39 is 17.7 Å². The molecule has 0 unspecified atom stereocenters. The van der Waals surface area contributed by atoms with E-state index in [0.29, 0.717) is 6.54 Å². The van der Waals surface area contributed by atoms with Crippen LogP contribution in [0.4, 0.5) is 22.0 Å². The number of alkyl halides is 5. The number of nitrogens with zero attached hydrogens (tertiary/aromatic N) is 3. The van der Waals surface area contributed by atoms with Crippen molar-refractivity contribution in [2.24, 2.45) is 0 Å². The lowest BCUT2D eigenvalue weighted by Gasteiger charge is -2.33. The van der Waals surface area contributed by atoms with Gasteiger partial charge in [-0.2, -0.15) is 13.2 Å². The van der Waals surface area contributed by atoms with Gasteiger partial charge in [-0.3, -0.25) is 9.78 Å². The van der Waals surface area contributed by atoms with Gasteiger partial charge in [0.25, 0.3) is 5.92 Å². The Morgan fingerprint density at radius 3 is 2.52 bits per heavy atom. The van der Waals surface area contributed by atoms with E-state index in [0.717, 1.165) is 6.07 Å². The number of aromatic nitrogens is 1. The molecule has 0 radical (unpaired) electrons. The van der Waals surface area contributed by atoms with Crippen molar-refractivity contribution in [1.29, 1.82) is 0 Å². The van der Waals surface area contributed by atoms with Crippen molar-refractivity contribution in [2.75, 3.05) is 26.2 Å². The molecule has 0 N–H and O–H groups in total. The molecule has 1 aliphatic rings. The Labute approximate surface area is 142 Å². The third-order valence-corrected chi connectivity index (χ3v) is 4.26. The zero-order valence-corrected chi connectivity index (χ0v) is 13.8. The highest BCUT2D eigenvalue weighted by Crippen LogP contribution is 2.31. The van der Waals surface area contributed by atoms with Crippen LogP contribution in [-0.4, -0.2) is 52.8 Å². The molecular formula is C16H20F5N3O. The van der Waals surface area contributed by atoms with Crippen molar-refractivity contribution >= 4 is 5.91 Å². The maximum atomic E-state index is 13.1. The number of hydrogen-bond donors (Lipinski definition) is 0. The number of rotatable bonds is 5. The number of amides is 1. The van der Waals surface area contributed by atoms with E-state index in [9.17, 15) is 26.7 Å². The van der Waals surface area contributed by atoms with E-state index in [2.05, 4.69) is 4.98 Å². The third kappa shape index (κ3) is 5.62. The lowest BCUT2D eigenvalue weighted by atomic mass is 10.1. The molecule has 0 aromatic carbocycles. The van der Waals surface area contributed by atoms with E-state index in [1.54, 1.807) is 4.90 Å². The van der Waals surface area contributed by atoms with Crippen molar-refractivity contribution in [3.05, 3.63) is 29.6 Å². The molecule has 1 aromatic heterocycles. The van der Waals surface area contributed by atoms with Crippen LogP contribution in [0.2, 0.25) is 0 Å². The number of hydrogen-bond acceptors (Lipinski definition) is 3. The van der Waals surface area contributed by atoms with Crippen LogP contribution in [0, 0.1) is 0 Å². The van der Waals surface area contributed by atoms with Crippen molar-refractivity contribution in [3.63, 3.8) is 0 Å². The minimum Gasteiger partial charge on any atom is -0.336 e. The lowest BCUT2D eigenvalue weighted by Crippen LogP contribution is -2.43. The average Bonchev–Trinajstić information content (AvgIpc) is 2.51. The molecule has 1 saturated heterocycles. The molecule has 4 nitrogen and oxygen atoms in total. The summed E-state index contributed by atoms with van der Waals surface area (Å²) in [5.74, 6) is -3.05. The molecule has 1 fully saturated rings. The van der Waals surface area contributed by atoms with Crippen molar-refractivity contribution in [3.8, 4) is 0 Å². The van der Waals surface area contributed by atoms with Crippen molar-refractivity contribution in [2.45, 2.75) is 38.4 Å². The quantitative estimate of drug-likeness (QED) is 0.752. The van der Waals surface area contributed by atoms with E-state index in [-0.39, 0.29) is 50.6 Å². The van der Waals surface area contributed by atoms with Gasteiger partial charge < -0.3 is 9.80 Å². The Morgan fingerprint density at radius 1 is 1.32 bits per heavy atom. The summed E-state index contributed by atoms with van der Waals surface area (Å²) in [5.41, 5.74) is -1.10. The second kappa shape index (κ2) is 7.63. The molecule has 1 amide bonds. The second-order valence-corrected chi connectivity index (χ2v) is 6.13. The van der Waals surface area contributed by atoms with E-state index in [1.807, 2.05) is 0 Å². The van der Waals surface area contributed by atoms with E-state index >= 15 is 0 Å². The summed E-state index contributed by atoms with van der Waals surface area (Å²) in [5, 5.41) is 0. The summed E-state index contributed by atoms with van der Waals surface area (Å²) in [6, 6.07) is 2.12. The Kier molecular flexibility index (Phi) is 5.97. The molecule has 0 spiro atoms. The average molecular weight is 365 g/mol. The highest BCUT2D eigenvalue weighted by molar-refractivity contribution is 5.73. The van der Waals surface area contributed by atoms with Gasteiger partial charge in [0.05, 0.1) is 17.8 Å². The van der Waals surface area contributed by atoms with Gasteiger partial charge in [0.1, 0.15) is 0 Å². The number of pyridine rings is 1. The largest absolute Gasteiger partial charge is 0.418 e. The smallest absolute Gasteiger partial charge is 0.336 e. The summed E-state index contributed by atoms with van der Waals surface area (Å²) < 4.78 is 65.4. The van der Waals surface area contributed by atoms with Crippen molar-refractivity contribution in [1.82, 2.24) is 14.8 Å². The number of piperidine rings is 1. The van der Waals surface area contributed by atoms with Crippen LogP contribution < -0.4 is 0 Å². The molecule has 1 aromatic rings. The molecular weight excluding hydrogens is 345 g/mol. The number of halogens is 5. The SMILES string of the molecule is CC(=O)N(CCN1CCC(F)(F)CC1)Cc1ncccc1C(F)(F)F. The first-order valence-electron chi connectivity index (χ1n) is 7.95. The summed E-state index contributed by atoms with van der Waals surface area (Å²) in [4.78, 5) is 18.6. The number of likely N-dealkylation sites (tertiary alicyclic amines) is 1. The zero-order valence-electron chi connectivity index (χ0n) is 13.8. The lowest BCUT2D eigenvalue weighted by molar-refractivity contribution is -0.140. The van der Waals surface area contributed by atoms with E-state index in [1.165, 1.54) is 24.1 Å². The van der Waals surface area contributed by atoms with Crippen LogP contribution in [0.1, 0.15) is 31.0 Å². The summed E-state index contributed by atoms with van der Waals surface area (Å²) in [7, 11) is 0. The fraction of sp³-hybridized carbons (Fsp3) is 0.625. The van der Waals surface area contributed by atoms with Crippen molar-refractivity contribution < 1.29 is 26.7 Å². The van der Waals surface area contributed by atoms with Gasteiger partial charge >= 0.3 is 6.18 Å². The van der Waals surface area contributed by atoms with Gasteiger partial charge in [-0.15, -0.1) is 0 Å². The van der Waals surface area contributed by atoms with Gasteiger partial charge in [-0.25, -0.2) is 8.78 Å². The summed E-state index contributed by atoms with van der Waals surface area (Å²) in [6.45, 7) is 1.90. The molecule has 0 bridgehead atoms. The first-order chi connectivity index (χ1) is 11.6. The molecule has 9 heteroatoms. The van der Waals surface area contributed by atoms with Gasteiger partial charge in [0.15, 0.2) is 0 Å². The molecule has 140 valence electrons. The minimum atomic E-state index is -4.55. The topological polar surface area (TPSA) is 36.4 Å². The summed E-state index contributed by atoms with van der Waals surface area (Å²) >= 11 is 0. The van der Waals surface area contributed by atoms with Crippen LogP contribution in [-0.2, 0) is 17.5 Å². The Bertz CT molecular complexity index is 596. The normalized spacial score (nSPS) is 18.2. The van der Waals surface area contributed by atoms with Gasteiger partial charge in [0.2, 0.25) is 5.91 Å². The Hall–Kier alpha value is -1.77. The highest BCUT2D eigenvalue weighted by atomic mass is 19.4. The van der Waals surface area contributed by atoms with Crippen LogP contribution >= 0.6 is 0 Å². The Morgan fingerprint density at radius 2 is 1.96 bits per heavy atom. The van der Waals surface area contributed by atoms with E-state index in [4.69, 9.17) is 0 Å². The van der Waals surface area contributed by atoms with Crippen LogP contribution in [0.5, 0.6) is 0 Å². The number of carbonyl (C=O) groups excluding carboxylic acids is 1. The summed E-state index contributed by atoms with van der Waals surface area (Å²) in [6.07, 6.45) is -3.79. The minimum absolute atomic E-state index is 0.161. The Balaban J connectivity index is 2.00. The molecule has 25 heavy (non-hydrogen) atoms. The first-order valence-corrected chi connectivity index (χ1v) is 7.95. The number of carbonyl (C=O) groups is 1. The molecule has 1 aliphatic heterocycles. The molecule has 2 rings (SSSR count). The van der Waals surface area contributed by atoms with Gasteiger partial charge in [-0.05, 0) is 12.1 Å². The van der Waals surface area contributed by atoms with Gasteiger partial charge in [-0.1, -0.05) is 0 Å². The maximum Gasteiger partial charge on any atom is 0.418 e. The van der Waals surface area contributed by atoms with Gasteiger partial charge in [0, 0.05) is 52.1 Å². The second-order valence-electron chi connectivity index (χ2n) is 6.13.